The summed E-state index contributed by atoms with van der Waals surface area (Å²) in [7, 11) is 0. The number of hydrogen-bond donors (Lipinski definition) is 2. The van der Waals surface area contributed by atoms with Gasteiger partial charge in [0.1, 0.15) is 17.6 Å². The lowest BCUT2D eigenvalue weighted by atomic mass is 9.94. The predicted octanol–water partition coefficient (Wildman–Crippen LogP) is 4.41. The molecule has 3 aromatic rings. The summed E-state index contributed by atoms with van der Waals surface area (Å²) < 4.78 is 13.8. The number of rotatable bonds is 7. The van der Waals surface area contributed by atoms with Crippen LogP contribution in [0, 0.1) is 5.82 Å². The molecule has 0 spiro atoms. The van der Waals surface area contributed by atoms with Crippen molar-refractivity contribution in [2.45, 2.75) is 51.1 Å². The smallest absolute Gasteiger partial charge is 0.279 e. The number of anilines is 2. The van der Waals surface area contributed by atoms with Crippen molar-refractivity contribution in [2.24, 2.45) is 0 Å². The molecule has 1 aromatic heterocycles. The molecule has 1 atom stereocenters. The lowest BCUT2D eigenvalue weighted by Crippen LogP contribution is -2.47. The van der Waals surface area contributed by atoms with Gasteiger partial charge in [-0.3, -0.25) is 24.3 Å². The molecule has 4 rings (SSSR count). The van der Waals surface area contributed by atoms with Gasteiger partial charge in [-0.15, -0.1) is 0 Å². The Morgan fingerprint density at radius 1 is 0.972 bits per heavy atom. The van der Waals surface area contributed by atoms with Crippen molar-refractivity contribution >= 4 is 29.1 Å². The van der Waals surface area contributed by atoms with Crippen molar-refractivity contribution < 1.29 is 18.8 Å². The molecule has 0 radical (unpaired) electrons. The molecular weight excluding hydrogens is 461 g/mol. The van der Waals surface area contributed by atoms with Crippen molar-refractivity contribution in [3.63, 3.8) is 0 Å². The monoisotopic (exact) mass is 489 g/mol. The second-order valence-corrected chi connectivity index (χ2v) is 8.79. The lowest BCUT2D eigenvalue weighted by molar-refractivity contribution is -0.123. The Balaban J connectivity index is 1.78. The van der Waals surface area contributed by atoms with Gasteiger partial charge in [0.15, 0.2) is 0 Å². The molecule has 1 fully saturated rings. The van der Waals surface area contributed by atoms with E-state index in [4.69, 9.17) is 0 Å². The van der Waals surface area contributed by atoms with Crippen LogP contribution in [0.25, 0.3) is 0 Å². The van der Waals surface area contributed by atoms with Crippen molar-refractivity contribution in [3.05, 3.63) is 84.2 Å². The standard InChI is InChI=1S/C27H28FN5O3/c1-18(34)31-22-11-13-23(14-12-22)33(27(36)24-17-29-15-16-30-24)25(19-7-9-20(28)10-8-19)26(35)32-21-5-3-2-4-6-21/h7-17,21,25H,2-6H2,1H3,(H,31,34)(H,32,35)/t25-/m0/s1. The fourth-order valence-electron chi connectivity index (χ4n) is 4.41. The molecule has 0 unspecified atom stereocenters. The van der Waals surface area contributed by atoms with Crippen LogP contribution in [0.5, 0.6) is 0 Å². The van der Waals surface area contributed by atoms with Gasteiger partial charge in [0.05, 0.1) is 6.20 Å². The van der Waals surface area contributed by atoms with Crippen molar-refractivity contribution in [1.29, 1.82) is 0 Å². The Bertz CT molecular complexity index is 1200. The normalized spacial score (nSPS) is 14.5. The maximum Gasteiger partial charge on any atom is 0.279 e. The van der Waals surface area contributed by atoms with Gasteiger partial charge in [0.25, 0.3) is 5.91 Å². The largest absolute Gasteiger partial charge is 0.351 e. The van der Waals surface area contributed by atoms with E-state index in [2.05, 4.69) is 20.6 Å². The lowest BCUT2D eigenvalue weighted by Gasteiger charge is -2.33. The molecule has 8 nitrogen and oxygen atoms in total. The molecule has 1 aliphatic carbocycles. The maximum absolute atomic E-state index is 13.8. The summed E-state index contributed by atoms with van der Waals surface area (Å²) in [6.07, 6.45) is 9.11. The molecule has 2 N–H and O–H groups in total. The van der Waals surface area contributed by atoms with E-state index >= 15 is 0 Å². The van der Waals surface area contributed by atoms with Crippen LogP contribution < -0.4 is 15.5 Å². The maximum atomic E-state index is 13.8. The average Bonchev–Trinajstić information content (AvgIpc) is 2.89. The topological polar surface area (TPSA) is 104 Å². The van der Waals surface area contributed by atoms with E-state index in [1.165, 1.54) is 54.7 Å². The highest BCUT2D eigenvalue weighted by atomic mass is 19.1. The van der Waals surface area contributed by atoms with E-state index in [0.717, 1.165) is 32.1 Å². The van der Waals surface area contributed by atoms with Gasteiger partial charge < -0.3 is 10.6 Å². The van der Waals surface area contributed by atoms with Crippen molar-refractivity contribution in [1.82, 2.24) is 15.3 Å². The SMILES string of the molecule is CC(=O)Nc1ccc(N(C(=O)c2cnccn2)[C@H](C(=O)NC2CCCCC2)c2ccc(F)cc2)cc1. The Kier molecular flexibility index (Phi) is 7.99. The molecule has 36 heavy (non-hydrogen) atoms. The summed E-state index contributed by atoms with van der Waals surface area (Å²) >= 11 is 0. The summed E-state index contributed by atoms with van der Waals surface area (Å²) in [5.74, 6) is -1.58. The van der Waals surface area contributed by atoms with E-state index in [9.17, 15) is 18.8 Å². The summed E-state index contributed by atoms with van der Waals surface area (Å²) in [6.45, 7) is 1.40. The van der Waals surface area contributed by atoms with Crippen LogP contribution >= 0.6 is 0 Å². The van der Waals surface area contributed by atoms with Crippen LogP contribution in [0.15, 0.2) is 67.1 Å². The first-order valence-electron chi connectivity index (χ1n) is 12.0. The third kappa shape index (κ3) is 6.10. The molecule has 0 saturated heterocycles. The Labute approximate surface area is 209 Å². The van der Waals surface area contributed by atoms with Gasteiger partial charge in [-0.05, 0) is 54.8 Å². The Morgan fingerprint density at radius 2 is 1.67 bits per heavy atom. The van der Waals surface area contributed by atoms with Crippen LogP contribution in [0.4, 0.5) is 15.8 Å². The fraction of sp³-hybridized carbons (Fsp3) is 0.296. The number of carbonyl (C=O) groups is 3. The van der Waals surface area contributed by atoms with Gasteiger partial charge in [0, 0.05) is 36.7 Å². The molecule has 1 saturated carbocycles. The summed E-state index contributed by atoms with van der Waals surface area (Å²) in [5, 5.41) is 5.80. The average molecular weight is 490 g/mol. The third-order valence-electron chi connectivity index (χ3n) is 6.11. The molecule has 0 bridgehead atoms. The summed E-state index contributed by atoms with van der Waals surface area (Å²) in [4.78, 5) is 48.5. The second kappa shape index (κ2) is 11.5. The highest BCUT2D eigenvalue weighted by molar-refractivity contribution is 6.09. The number of benzene rings is 2. The van der Waals surface area contributed by atoms with Gasteiger partial charge in [-0.1, -0.05) is 31.4 Å². The first-order chi connectivity index (χ1) is 17.4. The number of nitrogens with zero attached hydrogens (tertiary/aromatic N) is 3. The molecule has 186 valence electrons. The number of carbonyl (C=O) groups excluding carboxylic acids is 3. The molecule has 1 aliphatic rings. The first-order valence-corrected chi connectivity index (χ1v) is 12.0. The third-order valence-corrected chi connectivity index (χ3v) is 6.11. The quantitative estimate of drug-likeness (QED) is 0.512. The van der Waals surface area contributed by atoms with Crippen molar-refractivity contribution in [3.8, 4) is 0 Å². The van der Waals surface area contributed by atoms with Gasteiger partial charge >= 0.3 is 0 Å². The highest BCUT2D eigenvalue weighted by Crippen LogP contribution is 2.31. The number of halogens is 1. The summed E-state index contributed by atoms with van der Waals surface area (Å²) in [6, 6.07) is 11.0. The number of amides is 3. The van der Waals surface area contributed by atoms with E-state index in [1.807, 2.05) is 0 Å². The highest BCUT2D eigenvalue weighted by Gasteiger charge is 2.35. The van der Waals surface area contributed by atoms with E-state index < -0.39 is 17.8 Å². The minimum Gasteiger partial charge on any atom is -0.351 e. The molecule has 1 heterocycles. The zero-order valence-corrected chi connectivity index (χ0v) is 20.0. The molecule has 2 aromatic carbocycles. The van der Waals surface area contributed by atoms with Gasteiger partial charge in [-0.25, -0.2) is 9.37 Å². The van der Waals surface area contributed by atoms with Crippen LogP contribution in [0.1, 0.15) is 61.1 Å². The van der Waals surface area contributed by atoms with Crippen LogP contribution in [-0.4, -0.2) is 33.7 Å². The van der Waals surface area contributed by atoms with Crippen LogP contribution in [0.2, 0.25) is 0 Å². The predicted molar refractivity (Wildman–Crippen MR) is 134 cm³/mol. The number of aromatic nitrogens is 2. The van der Waals surface area contributed by atoms with Crippen LogP contribution in [0.3, 0.4) is 0 Å². The molecule has 9 heteroatoms. The number of hydrogen-bond acceptors (Lipinski definition) is 5. The zero-order valence-electron chi connectivity index (χ0n) is 20.0. The minimum absolute atomic E-state index is 0.00445. The van der Waals surface area contributed by atoms with E-state index in [0.29, 0.717) is 16.9 Å². The minimum atomic E-state index is -1.09. The Hall–Kier alpha value is -4.14. The van der Waals surface area contributed by atoms with Gasteiger partial charge in [0.2, 0.25) is 11.8 Å². The van der Waals surface area contributed by atoms with Gasteiger partial charge in [-0.2, -0.15) is 0 Å². The molecule has 3 amide bonds. The van der Waals surface area contributed by atoms with E-state index in [-0.39, 0.29) is 23.6 Å². The Morgan fingerprint density at radius 3 is 2.28 bits per heavy atom. The first kappa shape index (κ1) is 25.0. The second-order valence-electron chi connectivity index (χ2n) is 8.79. The fourth-order valence-corrected chi connectivity index (χ4v) is 4.41. The zero-order chi connectivity index (χ0) is 25.5. The van der Waals surface area contributed by atoms with Crippen molar-refractivity contribution in [2.75, 3.05) is 10.2 Å². The van der Waals surface area contributed by atoms with Crippen LogP contribution in [-0.2, 0) is 9.59 Å². The summed E-state index contributed by atoms with van der Waals surface area (Å²) in [5.41, 5.74) is 1.46. The number of nitrogens with one attached hydrogen (secondary N) is 2. The van der Waals surface area contributed by atoms with E-state index in [1.54, 1.807) is 24.3 Å². The molecule has 0 aliphatic heterocycles. The molecular formula is C27H28FN5O3.